The maximum Gasteiger partial charge on any atom is 0.410 e. The van der Waals surface area contributed by atoms with E-state index >= 15 is 0 Å². The number of hydrogen-bond donors (Lipinski definition) is 0. The highest BCUT2D eigenvalue weighted by molar-refractivity contribution is 6.30. The van der Waals surface area contributed by atoms with E-state index in [0.29, 0.717) is 5.02 Å². The van der Waals surface area contributed by atoms with Crippen molar-refractivity contribution in [3.63, 3.8) is 0 Å². The highest BCUT2D eigenvalue weighted by Crippen LogP contribution is 2.28. The number of carbonyl (C=O) groups is 2. The fraction of sp³-hybridized carbons (Fsp3) is 0.565. The number of ether oxygens (including phenoxy) is 4. The van der Waals surface area contributed by atoms with Gasteiger partial charge in [0.1, 0.15) is 11.7 Å². The molecule has 1 aliphatic heterocycles. The van der Waals surface area contributed by atoms with Crippen molar-refractivity contribution in [1.29, 1.82) is 0 Å². The normalized spacial score (nSPS) is 21.0. The second kappa shape index (κ2) is 10.5. The van der Waals surface area contributed by atoms with Gasteiger partial charge >= 0.3 is 12.1 Å². The summed E-state index contributed by atoms with van der Waals surface area (Å²) in [6.07, 6.45) is 2.79. The molecule has 1 aromatic rings. The Morgan fingerprint density at radius 3 is 2.48 bits per heavy atom. The van der Waals surface area contributed by atoms with Crippen LogP contribution >= 0.6 is 11.6 Å². The van der Waals surface area contributed by atoms with E-state index in [1.165, 1.54) is 12.0 Å². The van der Waals surface area contributed by atoms with E-state index in [2.05, 4.69) is 0 Å². The van der Waals surface area contributed by atoms with Gasteiger partial charge in [0.05, 0.1) is 26.2 Å². The number of halogens is 1. The minimum Gasteiger partial charge on any atom is -0.469 e. The van der Waals surface area contributed by atoms with Gasteiger partial charge in [-0.15, -0.1) is 0 Å². The van der Waals surface area contributed by atoms with Crippen molar-refractivity contribution in [2.75, 3.05) is 20.3 Å². The predicted molar refractivity (Wildman–Crippen MR) is 119 cm³/mol. The van der Waals surface area contributed by atoms with Crippen LogP contribution in [0.1, 0.15) is 46.6 Å². The zero-order valence-corrected chi connectivity index (χ0v) is 19.8. The first-order chi connectivity index (χ1) is 14.4. The summed E-state index contributed by atoms with van der Waals surface area (Å²) in [5.41, 5.74) is 0.250. The highest BCUT2D eigenvalue weighted by atomic mass is 35.5. The molecule has 172 valence electrons. The van der Waals surface area contributed by atoms with Gasteiger partial charge in [0.25, 0.3) is 0 Å². The smallest absolute Gasteiger partial charge is 0.410 e. The van der Waals surface area contributed by atoms with Gasteiger partial charge in [-0.1, -0.05) is 35.9 Å². The van der Waals surface area contributed by atoms with E-state index < -0.39 is 35.6 Å². The van der Waals surface area contributed by atoms with E-state index in [4.69, 9.17) is 30.5 Å². The van der Waals surface area contributed by atoms with Crippen molar-refractivity contribution in [2.24, 2.45) is 0 Å². The Balaban J connectivity index is 2.30. The van der Waals surface area contributed by atoms with E-state index in [9.17, 15) is 9.59 Å². The van der Waals surface area contributed by atoms with E-state index in [0.717, 1.165) is 5.56 Å². The number of carbonyl (C=O) groups excluding carboxylic acids is 2. The molecule has 1 amide bonds. The second-order valence-electron chi connectivity index (χ2n) is 8.77. The fourth-order valence-corrected chi connectivity index (χ4v) is 3.19. The molecule has 1 saturated heterocycles. The number of esters is 1. The van der Waals surface area contributed by atoms with Crippen LogP contribution in [0.5, 0.6) is 0 Å². The third-order valence-electron chi connectivity index (χ3n) is 4.56. The molecule has 2 rings (SSSR count). The summed E-state index contributed by atoms with van der Waals surface area (Å²) in [4.78, 5) is 26.2. The summed E-state index contributed by atoms with van der Waals surface area (Å²) in [6, 6.07) is 6.90. The maximum atomic E-state index is 13.0. The molecule has 1 heterocycles. The molecule has 2 atom stereocenters. The van der Waals surface area contributed by atoms with Crippen LogP contribution in [0.3, 0.4) is 0 Å². The zero-order chi connectivity index (χ0) is 23.2. The minimum atomic E-state index is -0.826. The lowest BCUT2D eigenvalue weighted by Gasteiger charge is -2.44. The van der Waals surface area contributed by atoms with Crippen molar-refractivity contribution >= 4 is 29.7 Å². The van der Waals surface area contributed by atoms with Crippen molar-refractivity contribution in [3.8, 4) is 0 Å². The van der Waals surface area contributed by atoms with Crippen molar-refractivity contribution in [1.82, 2.24) is 4.90 Å². The van der Waals surface area contributed by atoms with Gasteiger partial charge < -0.3 is 18.9 Å². The summed E-state index contributed by atoms with van der Waals surface area (Å²) in [5.74, 6) is -1.24. The molecule has 0 saturated carbocycles. The van der Waals surface area contributed by atoms with Crippen LogP contribution in [0.4, 0.5) is 4.79 Å². The molecular weight excluding hydrogens is 422 g/mol. The fourth-order valence-electron chi connectivity index (χ4n) is 3.06. The quantitative estimate of drug-likeness (QED) is 0.582. The number of amides is 1. The maximum absolute atomic E-state index is 13.0. The van der Waals surface area contributed by atoms with Crippen LogP contribution in [-0.2, 0) is 23.7 Å². The first-order valence-electron chi connectivity index (χ1n) is 10.2. The van der Waals surface area contributed by atoms with Gasteiger partial charge in [0, 0.05) is 11.6 Å². The van der Waals surface area contributed by atoms with Crippen LogP contribution in [0.25, 0.3) is 6.08 Å². The topological polar surface area (TPSA) is 74.3 Å². The van der Waals surface area contributed by atoms with Gasteiger partial charge in [0.15, 0.2) is 5.79 Å². The number of hydrogen-bond acceptors (Lipinski definition) is 6. The monoisotopic (exact) mass is 453 g/mol. The Morgan fingerprint density at radius 2 is 1.90 bits per heavy atom. The van der Waals surface area contributed by atoms with Crippen LogP contribution in [0, 0.1) is 0 Å². The van der Waals surface area contributed by atoms with E-state index in [1.54, 1.807) is 32.9 Å². The SMILES string of the molecule is COC(=O)CCN(C(=O)OC(C)(C)C)[C@H]1COC(C)(C)O[C@@H]1/C=C/c1ccc(Cl)cc1. The number of methoxy groups -OCH3 is 1. The predicted octanol–water partition coefficient (Wildman–Crippen LogP) is 4.67. The lowest BCUT2D eigenvalue weighted by Crippen LogP contribution is -2.58. The number of nitrogens with zero attached hydrogens (tertiary/aromatic N) is 1. The molecule has 31 heavy (non-hydrogen) atoms. The van der Waals surface area contributed by atoms with Crippen LogP contribution < -0.4 is 0 Å². The Hall–Kier alpha value is -2.09. The summed E-state index contributed by atoms with van der Waals surface area (Å²) >= 11 is 5.96. The lowest BCUT2D eigenvalue weighted by molar-refractivity contribution is -0.281. The van der Waals surface area contributed by atoms with E-state index in [1.807, 2.05) is 38.1 Å². The molecule has 1 aromatic carbocycles. The van der Waals surface area contributed by atoms with Gasteiger partial charge in [-0.05, 0) is 52.3 Å². The first-order valence-corrected chi connectivity index (χ1v) is 10.6. The number of rotatable bonds is 6. The van der Waals surface area contributed by atoms with Crippen LogP contribution in [0.2, 0.25) is 5.02 Å². The Kier molecular flexibility index (Phi) is 8.51. The van der Waals surface area contributed by atoms with Crippen molar-refractivity contribution in [3.05, 3.63) is 40.9 Å². The van der Waals surface area contributed by atoms with Gasteiger partial charge in [0.2, 0.25) is 0 Å². The largest absolute Gasteiger partial charge is 0.469 e. The minimum absolute atomic E-state index is 0.0310. The molecule has 1 fully saturated rings. The Labute approximate surface area is 189 Å². The molecule has 0 bridgehead atoms. The second-order valence-corrected chi connectivity index (χ2v) is 9.21. The molecule has 1 aliphatic rings. The Morgan fingerprint density at radius 1 is 1.26 bits per heavy atom. The summed E-state index contributed by atoms with van der Waals surface area (Å²) < 4.78 is 22.3. The molecule has 0 N–H and O–H groups in total. The van der Waals surface area contributed by atoms with Crippen molar-refractivity contribution in [2.45, 2.75) is 64.6 Å². The summed E-state index contributed by atoms with van der Waals surface area (Å²) in [7, 11) is 1.31. The first kappa shape index (κ1) is 25.2. The highest BCUT2D eigenvalue weighted by Gasteiger charge is 2.41. The lowest BCUT2D eigenvalue weighted by atomic mass is 10.1. The molecule has 7 nitrogen and oxygen atoms in total. The number of benzene rings is 1. The summed E-state index contributed by atoms with van der Waals surface area (Å²) in [6.45, 7) is 9.35. The molecule has 8 heteroatoms. The van der Waals surface area contributed by atoms with Crippen LogP contribution in [-0.4, -0.2) is 60.8 Å². The molecule has 0 aliphatic carbocycles. The van der Waals surface area contributed by atoms with Crippen LogP contribution in [0.15, 0.2) is 30.3 Å². The third kappa shape index (κ3) is 8.16. The molecular formula is C23H32ClNO6. The van der Waals surface area contributed by atoms with Crippen molar-refractivity contribution < 1.29 is 28.5 Å². The van der Waals surface area contributed by atoms with Gasteiger partial charge in [-0.25, -0.2) is 4.79 Å². The molecule has 0 aromatic heterocycles. The third-order valence-corrected chi connectivity index (χ3v) is 4.81. The molecule has 0 spiro atoms. The molecule has 0 unspecified atom stereocenters. The zero-order valence-electron chi connectivity index (χ0n) is 19.0. The molecule has 0 radical (unpaired) electrons. The van der Waals surface area contributed by atoms with Gasteiger partial charge in [-0.2, -0.15) is 0 Å². The average molecular weight is 454 g/mol. The Bertz CT molecular complexity index is 784. The summed E-state index contributed by atoms with van der Waals surface area (Å²) in [5, 5.41) is 0.650. The van der Waals surface area contributed by atoms with E-state index in [-0.39, 0.29) is 19.6 Å². The average Bonchev–Trinajstić information content (AvgIpc) is 2.66. The van der Waals surface area contributed by atoms with Gasteiger partial charge in [-0.3, -0.25) is 9.69 Å². The standard InChI is InChI=1S/C23H32ClNO6/c1-22(2,3)31-21(27)25(14-13-20(26)28-6)18-15-29-23(4,5)30-19(18)12-9-16-7-10-17(24)11-8-16/h7-12,18-19H,13-15H2,1-6H3/b12-9+/t18-,19+/m0/s1.